The lowest BCUT2D eigenvalue weighted by Gasteiger charge is -2.26. The molecule has 5 heteroatoms. The molecule has 106 valence electrons. The van der Waals surface area contributed by atoms with Crippen LogP contribution >= 0.6 is 0 Å². The van der Waals surface area contributed by atoms with Crippen LogP contribution in [0.15, 0.2) is 30.3 Å². The molecule has 0 aromatic heterocycles. The Morgan fingerprint density at radius 1 is 1.26 bits per heavy atom. The van der Waals surface area contributed by atoms with E-state index in [2.05, 4.69) is 0 Å². The van der Waals surface area contributed by atoms with Gasteiger partial charge in [-0.15, -0.1) is 0 Å². The van der Waals surface area contributed by atoms with Gasteiger partial charge in [0.1, 0.15) is 18.3 Å². The van der Waals surface area contributed by atoms with Crippen LogP contribution in [0.5, 0.6) is 0 Å². The topological polar surface area (TPSA) is 57.2 Å². The van der Waals surface area contributed by atoms with Crippen molar-refractivity contribution in [2.75, 3.05) is 20.8 Å². The fraction of sp³-hybridized carbons (Fsp3) is 0.571. The maximum atomic E-state index is 9.92. The average Bonchev–Trinajstić information content (AvgIpc) is 2.81. The highest BCUT2D eigenvalue weighted by molar-refractivity contribution is 5.13. The van der Waals surface area contributed by atoms with Gasteiger partial charge in [0.05, 0.1) is 13.2 Å². The lowest BCUT2D eigenvalue weighted by atomic mass is 10.1. The van der Waals surface area contributed by atoms with E-state index < -0.39 is 24.6 Å². The van der Waals surface area contributed by atoms with Crippen molar-refractivity contribution < 1.29 is 24.1 Å². The Morgan fingerprint density at radius 2 is 1.95 bits per heavy atom. The predicted molar refractivity (Wildman–Crippen MR) is 68.6 cm³/mol. The smallest absolute Gasteiger partial charge is 0.185 e. The summed E-state index contributed by atoms with van der Waals surface area (Å²) in [4.78, 5) is 0. The van der Waals surface area contributed by atoms with E-state index in [1.807, 2.05) is 30.3 Å². The van der Waals surface area contributed by atoms with E-state index in [0.717, 1.165) is 5.56 Å². The van der Waals surface area contributed by atoms with Gasteiger partial charge in [-0.25, -0.2) is 0 Å². The fourth-order valence-corrected chi connectivity index (χ4v) is 2.19. The van der Waals surface area contributed by atoms with Crippen LogP contribution in [0, 0.1) is 0 Å². The van der Waals surface area contributed by atoms with Crippen molar-refractivity contribution in [1.82, 2.24) is 0 Å². The van der Waals surface area contributed by atoms with E-state index in [1.54, 1.807) is 0 Å². The Labute approximate surface area is 113 Å². The molecule has 5 nitrogen and oxygen atoms in total. The summed E-state index contributed by atoms with van der Waals surface area (Å²) >= 11 is 0. The summed E-state index contributed by atoms with van der Waals surface area (Å²) in [6.45, 7) is 0.649. The molecule has 2 rings (SSSR count). The largest absolute Gasteiger partial charge is 0.388 e. The average molecular weight is 268 g/mol. The first-order valence-corrected chi connectivity index (χ1v) is 6.27. The third kappa shape index (κ3) is 3.52. The van der Waals surface area contributed by atoms with Gasteiger partial charge in [-0.05, 0) is 5.56 Å². The highest BCUT2D eigenvalue weighted by Crippen LogP contribution is 2.23. The van der Waals surface area contributed by atoms with E-state index in [9.17, 15) is 5.11 Å². The number of rotatable bonds is 6. The maximum absolute atomic E-state index is 9.92. The number of methoxy groups -OCH3 is 2. The molecule has 0 radical (unpaired) electrons. The molecule has 1 aliphatic rings. The SMILES string of the molecule is COC(OC)[C@@H]1OC[C@@H](O)[C@@H]1OCc1ccccc1. The predicted octanol–water partition coefficient (Wildman–Crippen LogP) is 0.950. The van der Waals surface area contributed by atoms with Crippen molar-refractivity contribution in [2.45, 2.75) is 31.2 Å². The van der Waals surface area contributed by atoms with Crippen LogP contribution in [-0.4, -0.2) is 50.5 Å². The number of benzene rings is 1. The minimum atomic E-state index is -0.665. The maximum Gasteiger partial charge on any atom is 0.185 e. The van der Waals surface area contributed by atoms with E-state index >= 15 is 0 Å². The van der Waals surface area contributed by atoms with Gasteiger partial charge in [-0.1, -0.05) is 30.3 Å². The van der Waals surface area contributed by atoms with Crippen molar-refractivity contribution in [3.8, 4) is 0 Å². The van der Waals surface area contributed by atoms with Crippen molar-refractivity contribution in [2.24, 2.45) is 0 Å². The summed E-state index contributed by atoms with van der Waals surface area (Å²) in [5.41, 5.74) is 1.05. The van der Waals surface area contributed by atoms with E-state index in [1.165, 1.54) is 14.2 Å². The molecule has 1 aromatic carbocycles. The molecule has 0 spiro atoms. The van der Waals surface area contributed by atoms with E-state index in [0.29, 0.717) is 6.61 Å². The van der Waals surface area contributed by atoms with Crippen LogP contribution < -0.4 is 0 Å². The van der Waals surface area contributed by atoms with Crippen molar-refractivity contribution >= 4 is 0 Å². The second-order valence-electron chi connectivity index (χ2n) is 4.47. The molecule has 0 amide bonds. The number of hydrogen-bond acceptors (Lipinski definition) is 5. The molecular formula is C14H20O5. The summed E-state index contributed by atoms with van der Waals surface area (Å²) in [5, 5.41) is 9.92. The van der Waals surface area contributed by atoms with Gasteiger partial charge in [-0.3, -0.25) is 0 Å². The molecule has 0 bridgehead atoms. The van der Waals surface area contributed by atoms with Crippen molar-refractivity contribution in [3.05, 3.63) is 35.9 Å². The highest BCUT2D eigenvalue weighted by Gasteiger charge is 2.42. The Balaban J connectivity index is 1.96. The summed E-state index contributed by atoms with van der Waals surface area (Å²) in [7, 11) is 3.08. The number of ether oxygens (including phenoxy) is 4. The molecular weight excluding hydrogens is 248 g/mol. The second-order valence-corrected chi connectivity index (χ2v) is 4.47. The molecule has 1 heterocycles. The Kier molecular flexibility index (Phi) is 5.30. The van der Waals surface area contributed by atoms with Gasteiger partial charge in [0, 0.05) is 14.2 Å². The van der Waals surface area contributed by atoms with Crippen molar-refractivity contribution in [3.63, 3.8) is 0 Å². The number of hydrogen-bond donors (Lipinski definition) is 1. The van der Waals surface area contributed by atoms with E-state index in [-0.39, 0.29) is 6.61 Å². The van der Waals surface area contributed by atoms with Crippen LogP contribution in [0.3, 0.4) is 0 Å². The van der Waals surface area contributed by atoms with Crippen LogP contribution in [0.25, 0.3) is 0 Å². The molecule has 19 heavy (non-hydrogen) atoms. The monoisotopic (exact) mass is 268 g/mol. The van der Waals surface area contributed by atoms with Crippen LogP contribution in [-0.2, 0) is 25.6 Å². The molecule has 0 aliphatic carbocycles. The molecule has 0 unspecified atom stereocenters. The van der Waals surface area contributed by atoms with Gasteiger partial charge in [0.25, 0.3) is 0 Å². The van der Waals surface area contributed by atoms with E-state index in [4.69, 9.17) is 18.9 Å². The zero-order valence-electron chi connectivity index (χ0n) is 11.2. The van der Waals surface area contributed by atoms with Crippen LogP contribution in [0.1, 0.15) is 5.56 Å². The minimum absolute atomic E-state index is 0.230. The highest BCUT2D eigenvalue weighted by atomic mass is 16.7. The van der Waals surface area contributed by atoms with Gasteiger partial charge < -0.3 is 24.1 Å². The molecule has 0 saturated carbocycles. The molecule has 1 saturated heterocycles. The molecule has 3 atom stereocenters. The number of aliphatic hydroxyl groups is 1. The quantitative estimate of drug-likeness (QED) is 0.778. The zero-order valence-corrected chi connectivity index (χ0v) is 11.2. The van der Waals surface area contributed by atoms with Crippen molar-refractivity contribution in [1.29, 1.82) is 0 Å². The fourth-order valence-electron chi connectivity index (χ4n) is 2.19. The first kappa shape index (κ1) is 14.4. The third-order valence-corrected chi connectivity index (χ3v) is 3.18. The molecule has 1 aromatic rings. The standard InChI is InChI=1S/C14H20O5/c1-16-14(17-2)13-12(11(15)9-19-13)18-8-10-6-4-3-5-7-10/h3-7,11-15H,8-9H2,1-2H3/t11-,12+,13-/m1/s1. The molecule has 1 fully saturated rings. The minimum Gasteiger partial charge on any atom is -0.388 e. The Morgan fingerprint density at radius 3 is 2.58 bits per heavy atom. The third-order valence-electron chi connectivity index (χ3n) is 3.18. The summed E-state index contributed by atoms with van der Waals surface area (Å²) in [5.74, 6) is 0. The lowest BCUT2D eigenvalue weighted by molar-refractivity contribution is -0.194. The number of aliphatic hydroxyl groups excluding tert-OH is 1. The van der Waals surface area contributed by atoms with Gasteiger partial charge >= 0.3 is 0 Å². The van der Waals surface area contributed by atoms with Crippen LogP contribution in [0.4, 0.5) is 0 Å². The normalized spacial score (nSPS) is 27.1. The first-order chi connectivity index (χ1) is 9.26. The lowest BCUT2D eigenvalue weighted by Crippen LogP contribution is -2.42. The van der Waals surface area contributed by atoms with Gasteiger partial charge in [0.2, 0.25) is 0 Å². The summed E-state index contributed by atoms with van der Waals surface area (Å²) < 4.78 is 21.6. The van der Waals surface area contributed by atoms with Crippen LogP contribution in [0.2, 0.25) is 0 Å². The van der Waals surface area contributed by atoms with Gasteiger partial charge in [-0.2, -0.15) is 0 Å². The Bertz CT molecular complexity index is 365. The zero-order chi connectivity index (χ0) is 13.7. The van der Waals surface area contributed by atoms with Gasteiger partial charge in [0.15, 0.2) is 6.29 Å². The second kappa shape index (κ2) is 6.98. The molecule has 1 N–H and O–H groups in total. The summed E-state index contributed by atoms with van der Waals surface area (Å²) in [6, 6.07) is 9.80. The first-order valence-electron chi connectivity index (χ1n) is 6.27. The molecule has 1 aliphatic heterocycles. The summed E-state index contributed by atoms with van der Waals surface area (Å²) in [6.07, 6.45) is -2.08. The Hall–Kier alpha value is -0.980.